The van der Waals surface area contributed by atoms with Gasteiger partial charge in [-0.15, -0.1) is 0 Å². The van der Waals surface area contributed by atoms with E-state index in [9.17, 15) is 38.4 Å². The number of nitrogens with zero attached hydrogens (tertiary/aromatic N) is 6. The Labute approximate surface area is 416 Å². The third-order valence-corrected chi connectivity index (χ3v) is 11.3. The summed E-state index contributed by atoms with van der Waals surface area (Å²) in [5.74, 6) is -3.58. The molecule has 0 saturated carbocycles. The molecule has 25 heteroatoms. The van der Waals surface area contributed by atoms with Gasteiger partial charge in [-0.3, -0.25) is 38.4 Å². The van der Waals surface area contributed by atoms with Crippen molar-refractivity contribution >= 4 is 75.7 Å². The summed E-state index contributed by atoms with van der Waals surface area (Å²) < 4.78 is 7.73. The van der Waals surface area contributed by atoms with Gasteiger partial charge in [-0.25, -0.2) is 0 Å². The molecule has 0 bridgehead atoms. The third-order valence-electron chi connectivity index (χ3n) is 11.3. The van der Waals surface area contributed by atoms with Crippen molar-refractivity contribution < 1.29 is 38.4 Å². The van der Waals surface area contributed by atoms with Gasteiger partial charge < -0.3 is 87.1 Å². The molecule has 1 atom stereocenters. The fourth-order valence-electron chi connectivity index (χ4n) is 7.61. The monoisotopic (exact) mass is 998 g/mol. The second-order valence-electron chi connectivity index (χ2n) is 17.5. The molecule has 5 heterocycles. The van der Waals surface area contributed by atoms with Gasteiger partial charge in [0.05, 0.1) is 41.5 Å². The smallest absolute Gasteiger partial charge is 0.272 e. The molecule has 0 saturated heterocycles. The number of hydrogen-bond acceptors (Lipinski definition) is 12. The number of aryl methyl sites for hydroxylation is 5. The predicted molar refractivity (Wildman–Crippen MR) is 273 cm³/mol. The SMILES string of the molecule is CN(C)CCCNCCNC(=O)C(CCCCNC(=O)c1cc(NC(=O)c2cc(NC(=O)CN)cn2C)cn1C)NC(=O)c1cc(NC(=O)c2cc(NC(=O)c3cc(NC(=O)CN)cn3C)cn2C)cn1C. The average Bonchev–Trinajstić information content (AvgIpc) is 4.16. The summed E-state index contributed by atoms with van der Waals surface area (Å²) in [6.45, 7) is 2.38. The number of nitrogens with one attached hydrogen (secondary N) is 9. The summed E-state index contributed by atoms with van der Waals surface area (Å²) in [5.41, 5.74) is 13.8. The van der Waals surface area contributed by atoms with Crippen molar-refractivity contribution in [3.05, 3.63) is 89.8 Å². The lowest BCUT2D eigenvalue weighted by atomic mass is 10.1. The van der Waals surface area contributed by atoms with Gasteiger partial charge >= 0.3 is 0 Å². The highest BCUT2D eigenvalue weighted by Gasteiger charge is 2.24. The maximum atomic E-state index is 13.8. The van der Waals surface area contributed by atoms with Crippen LogP contribution in [0.5, 0.6) is 0 Å². The second-order valence-corrected chi connectivity index (χ2v) is 17.5. The van der Waals surface area contributed by atoms with Crippen molar-refractivity contribution in [3.8, 4) is 0 Å². The fraction of sp³-hybridized carbons (Fsp3) is 0.404. The van der Waals surface area contributed by atoms with E-state index in [1.807, 2.05) is 14.1 Å². The van der Waals surface area contributed by atoms with Crippen LogP contribution in [0.25, 0.3) is 0 Å². The fourth-order valence-corrected chi connectivity index (χ4v) is 7.61. The first kappa shape index (κ1) is 54.9. The highest BCUT2D eigenvalue weighted by atomic mass is 16.2. The van der Waals surface area contributed by atoms with Crippen LogP contribution in [-0.2, 0) is 49.6 Å². The number of aromatic nitrogens is 5. The highest BCUT2D eigenvalue weighted by Crippen LogP contribution is 2.21. The zero-order chi connectivity index (χ0) is 52.6. The van der Waals surface area contributed by atoms with Gasteiger partial charge in [0.2, 0.25) is 17.7 Å². The lowest BCUT2D eigenvalue weighted by Gasteiger charge is -2.19. The molecule has 5 aromatic heterocycles. The summed E-state index contributed by atoms with van der Waals surface area (Å²) in [4.78, 5) is 106. The normalized spacial score (nSPS) is 11.5. The predicted octanol–water partition coefficient (Wildman–Crippen LogP) is 0.287. The van der Waals surface area contributed by atoms with E-state index in [2.05, 4.69) is 52.8 Å². The van der Waals surface area contributed by atoms with Gasteiger partial charge in [0.25, 0.3) is 29.5 Å². The van der Waals surface area contributed by atoms with Crippen LogP contribution < -0.4 is 59.3 Å². The molecule has 0 aliphatic rings. The largest absolute Gasteiger partial charge is 0.353 e. The molecule has 0 aromatic carbocycles. The topological polar surface area (TPSA) is 325 Å². The highest BCUT2D eigenvalue weighted by molar-refractivity contribution is 6.08. The van der Waals surface area contributed by atoms with Gasteiger partial charge in [-0.1, -0.05) is 0 Å². The van der Waals surface area contributed by atoms with E-state index >= 15 is 0 Å². The molecule has 5 aromatic rings. The third kappa shape index (κ3) is 15.5. The lowest BCUT2D eigenvalue weighted by molar-refractivity contribution is -0.123. The first-order chi connectivity index (χ1) is 34.3. The number of unbranched alkanes of at least 4 members (excludes halogenated alkanes) is 1. The second kappa shape index (κ2) is 25.7. The van der Waals surface area contributed by atoms with Crippen molar-refractivity contribution in [2.75, 3.05) is 86.5 Å². The number of anilines is 5. The summed E-state index contributed by atoms with van der Waals surface area (Å²) in [6, 6.07) is 6.60. The van der Waals surface area contributed by atoms with Gasteiger partial charge in [0.15, 0.2) is 0 Å². The Morgan fingerprint density at radius 2 is 0.861 bits per heavy atom. The van der Waals surface area contributed by atoms with Crippen molar-refractivity contribution in [1.82, 2.24) is 49.0 Å². The minimum absolute atomic E-state index is 0.171. The van der Waals surface area contributed by atoms with Crippen LogP contribution in [0.15, 0.2) is 61.3 Å². The summed E-state index contributed by atoms with van der Waals surface area (Å²) in [7, 11) is 12.2. The molecule has 0 aliphatic carbocycles. The van der Waals surface area contributed by atoms with Crippen molar-refractivity contribution in [2.45, 2.75) is 31.7 Å². The molecule has 0 radical (unpaired) electrons. The Kier molecular flexibility index (Phi) is 19.6. The first-order valence-corrected chi connectivity index (χ1v) is 23.2. The molecule has 8 amide bonds. The van der Waals surface area contributed by atoms with E-state index < -0.39 is 41.5 Å². The standard InChI is InChI=1S/C47H67N17O8/c1-59(2)16-10-12-50-14-15-52-42(67)34(11-8-9-13-51-43(68)35-19-31(26-60(35)3)55-44(69)36-17-29(24-61(36)4)53-40(65)22-48)58-47(72)39-21-33(28-64(39)7)57-46(71)38-20-32(27-63(38)6)56-45(70)37-18-30(25-62(37)5)54-41(66)23-49/h17-21,24-28,34,50H,8-16,22-23,48-49H2,1-7H3,(H,51,68)(H,52,67)(H,53,65)(H,54,66)(H,55,69)(H,56,70)(H,57,71)(H,58,72). The van der Waals surface area contributed by atoms with E-state index in [4.69, 9.17) is 11.5 Å². The number of nitrogens with two attached hydrogens (primary N) is 2. The minimum atomic E-state index is -0.935. The molecule has 72 heavy (non-hydrogen) atoms. The van der Waals surface area contributed by atoms with E-state index in [1.165, 1.54) is 33.4 Å². The molecular weight excluding hydrogens is 931 g/mol. The Morgan fingerprint density at radius 1 is 0.472 bits per heavy atom. The zero-order valence-corrected chi connectivity index (χ0v) is 41.7. The molecular formula is C47H67N17O8. The Bertz CT molecular complexity index is 2760. The van der Waals surface area contributed by atoms with E-state index in [0.29, 0.717) is 60.1 Å². The van der Waals surface area contributed by atoms with Crippen molar-refractivity contribution in [1.29, 1.82) is 0 Å². The minimum Gasteiger partial charge on any atom is -0.353 e. The van der Waals surface area contributed by atoms with Gasteiger partial charge in [-0.05, 0) is 83.2 Å². The molecule has 0 aliphatic heterocycles. The molecule has 13 N–H and O–H groups in total. The molecule has 25 nitrogen and oxygen atoms in total. The number of amides is 8. The van der Waals surface area contributed by atoms with Gasteiger partial charge in [-0.2, -0.15) is 0 Å². The molecule has 5 rings (SSSR count). The summed E-state index contributed by atoms with van der Waals surface area (Å²) in [5, 5.41) is 25.5. The molecule has 0 spiro atoms. The maximum Gasteiger partial charge on any atom is 0.272 e. The molecule has 0 fully saturated rings. The quantitative estimate of drug-likeness (QED) is 0.0333. The van der Waals surface area contributed by atoms with Crippen LogP contribution in [0, 0.1) is 0 Å². The lowest BCUT2D eigenvalue weighted by Crippen LogP contribution is -2.48. The van der Waals surface area contributed by atoms with Crippen molar-refractivity contribution in [2.24, 2.45) is 46.7 Å². The average molecular weight is 998 g/mol. The van der Waals surface area contributed by atoms with Crippen LogP contribution in [-0.4, -0.2) is 141 Å². The van der Waals surface area contributed by atoms with Crippen LogP contribution in [0.2, 0.25) is 0 Å². The Hall–Kier alpha value is -8.00. The summed E-state index contributed by atoms with van der Waals surface area (Å²) in [6.07, 6.45) is 9.98. The Morgan fingerprint density at radius 3 is 1.26 bits per heavy atom. The van der Waals surface area contributed by atoms with Gasteiger partial charge in [0.1, 0.15) is 34.5 Å². The zero-order valence-electron chi connectivity index (χ0n) is 41.7. The first-order valence-electron chi connectivity index (χ1n) is 23.2. The number of rotatable bonds is 26. The van der Waals surface area contributed by atoms with Crippen molar-refractivity contribution in [3.63, 3.8) is 0 Å². The Balaban J connectivity index is 1.16. The molecule has 1 unspecified atom stereocenters. The van der Waals surface area contributed by atoms with Crippen LogP contribution in [0.4, 0.5) is 28.4 Å². The van der Waals surface area contributed by atoms with E-state index in [0.717, 1.165) is 19.5 Å². The van der Waals surface area contributed by atoms with Crippen LogP contribution in [0.3, 0.4) is 0 Å². The number of carbonyl (C=O) groups excluding carboxylic acids is 8. The van der Waals surface area contributed by atoms with E-state index in [-0.39, 0.29) is 60.6 Å². The van der Waals surface area contributed by atoms with Gasteiger partial charge in [0, 0.05) is 85.9 Å². The van der Waals surface area contributed by atoms with Crippen LogP contribution >= 0.6 is 0 Å². The number of hydrogen-bond donors (Lipinski definition) is 11. The maximum absolute atomic E-state index is 13.8. The van der Waals surface area contributed by atoms with E-state index in [1.54, 1.807) is 86.0 Å². The molecule has 388 valence electrons. The number of carbonyl (C=O) groups is 8. The van der Waals surface area contributed by atoms with Crippen LogP contribution in [0.1, 0.15) is 78.1 Å². The summed E-state index contributed by atoms with van der Waals surface area (Å²) >= 11 is 0.